The van der Waals surface area contributed by atoms with Gasteiger partial charge >= 0.3 is 0 Å². The molecule has 2 fully saturated rings. The number of halogens is 1. The lowest BCUT2D eigenvalue weighted by atomic mass is 9.86. The van der Waals surface area contributed by atoms with Crippen molar-refractivity contribution in [3.05, 3.63) is 34.9 Å². The van der Waals surface area contributed by atoms with E-state index >= 15 is 0 Å². The first kappa shape index (κ1) is 13.0. The molecule has 1 aromatic rings. The van der Waals surface area contributed by atoms with Crippen LogP contribution in [0.4, 0.5) is 0 Å². The number of carbonyl (C=O) groups is 1. The minimum atomic E-state index is 0.178. The van der Waals surface area contributed by atoms with Crippen molar-refractivity contribution in [1.29, 1.82) is 0 Å². The van der Waals surface area contributed by atoms with E-state index in [-0.39, 0.29) is 5.91 Å². The molecule has 0 radical (unpaired) electrons. The van der Waals surface area contributed by atoms with Crippen molar-refractivity contribution >= 4 is 17.5 Å². The highest BCUT2D eigenvalue weighted by Crippen LogP contribution is 2.49. The van der Waals surface area contributed by atoms with Crippen molar-refractivity contribution in [1.82, 2.24) is 5.32 Å². The number of carbonyl (C=O) groups excluding carboxylic acids is 1. The fraction of sp³-hybridized carbons (Fsp3) is 0.562. The molecule has 0 aliphatic heterocycles. The van der Waals surface area contributed by atoms with Gasteiger partial charge in [-0.2, -0.15) is 0 Å². The zero-order chi connectivity index (χ0) is 13.2. The molecule has 102 valence electrons. The molecule has 1 amide bonds. The topological polar surface area (TPSA) is 29.1 Å². The molecular weight excluding hydrogens is 258 g/mol. The molecule has 0 aromatic heterocycles. The van der Waals surface area contributed by atoms with Crippen molar-refractivity contribution in [2.24, 2.45) is 17.8 Å². The fourth-order valence-corrected chi connectivity index (χ4v) is 3.97. The summed E-state index contributed by atoms with van der Waals surface area (Å²) in [4.78, 5) is 12.0. The van der Waals surface area contributed by atoms with E-state index in [1.54, 1.807) is 0 Å². The van der Waals surface area contributed by atoms with Gasteiger partial charge in [0.2, 0.25) is 5.91 Å². The Labute approximate surface area is 119 Å². The summed E-state index contributed by atoms with van der Waals surface area (Å²) in [5, 5.41) is 3.73. The third-order valence-corrected chi connectivity index (χ3v) is 5.13. The van der Waals surface area contributed by atoms with Crippen LogP contribution in [0.1, 0.15) is 37.7 Å². The molecule has 2 aliphatic carbocycles. The molecule has 1 N–H and O–H groups in total. The monoisotopic (exact) mass is 277 g/mol. The Hall–Kier alpha value is -1.02. The maximum Gasteiger partial charge on any atom is 0.220 e. The van der Waals surface area contributed by atoms with E-state index in [4.69, 9.17) is 11.6 Å². The Balaban J connectivity index is 1.48. The van der Waals surface area contributed by atoms with Gasteiger partial charge in [-0.3, -0.25) is 4.79 Å². The Morgan fingerprint density at radius 3 is 2.79 bits per heavy atom. The Morgan fingerprint density at radius 2 is 2.11 bits per heavy atom. The van der Waals surface area contributed by atoms with Crippen molar-refractivity contribution in [3.8, 4) is 0 Å². The lowest BCUT2D eigenvalue weighted by molar-refractivity contribution is -0.122. The molecule has 19 heavy (non-hydrogen) atoms. The van der Waals surface area contributed by atoms with Crippen molar-refractivity contribution < 1.29 is 4.79 Å². The quantitative estimate of drug-likeness (QED) is 0.891. The second-order valence-electron chi connectivity index (χ2n) is 6.01. The van der Waals surface area contributed by atoms with Crippen LogP contribution in [0, 0.1) is 17.8 Å². The summed E-state index contributed by atoms with van der Waals surface area (Å²) in [6.07, 6.45) is 6.06. The molecule has 2 aliphatic rings. The normalized spacial score (nSPS) is 28.6. The van der Waals surface area contributed by atoms with Crippen LogP contribution in [0.15, 0.2) is 24.3 Å². The summed E-state index contributed by atoms with van der Waals surface area (Å²) in [5.41, 5.74) is 0.991. The average molecular weight is 278 g/mol. The standard InChI is InChI=1S/C16H20ClNO/c17-15-4-2-1-3-13(15)10-18-16(19)9-14-8-11-5-6-12(14)7-11/h1-4,11-12,14H,5-10H2,(H,18,19)/t11-,12-,14+/m0/s1. The van der Waals surface area contributed by atoms with Gasteiger partial charge in [-0.15, -0.1) is 0 Å². The number of hydrogen-bond acceptors (Lipinski definition) is 1. The molecular formula is C16H20ClNO. The molecule has 2 saturated carbocycles. The summed E-state index contributed by atoms with van der Waals surface area (Å²) in [6.45, 7) is 0.541. The highest BCUT2D eigenvalue weighted by Gasteiger charge is 2.39. The molecule has 0 spiro atoms. The molecule has 1 aromatic carbocycles. The fourth-order valence-electron chi connectivity index (χ4n) is 3.77. The van der Waals surface area contributed by atoms with Gasteiger partial charge in [0.05, 0.1) is 0 Å². The first-order chi connectivity index (χ1) is 9.22. The van der Waals surface area contributed by atoms with Crippen molar-refractivity contribution in [2.45, 2.75) is 38.6 Å². The zero-order valence-electron chi connectivity index (χ0n) is 11.1. The number of fused-ring (bicyclic) bond motifs is 2. The number of hydrogen-bond donors (Lipinski definition) is 1. The Kier molecular flexibility index (Phi) is 3.79. The van der Waals surface area contributed by atoms with Crippen LogP contribution in [-0.2, 0) is 11.3 Å². The predicted molar refractivity (Wildman–Crippen MR) is 76.9 cm³/mol. The third kappa shape index (κ3) is 2.94. The van der Waals surface area contributed by atoms with Crippen LogP contribution in [0.25, 0.3) is 0 Å². The maximum absolute atomic E-state index is 12.0. The van der Waals surface area contributed by atoms with E-state index in [0.717, 1.165) is 22.4 Å². The van der Waals surface area contributed by atoms with E-state index in [9.17, 15) is 4.79 Å². The van der Waals surface area contributed by atoms with Crippen molar-refractivity contribution in [3.63, 3.8) is 0 Å². The van der Waals surface area contributed by atoms with Gasteiger partial charge in [0, 0.05) is 18.0 Å². The summed E-state index contributed by atoms with van der Waals surface area (Å²) >= 11 is 6.08. The lowest BCUT2D eigenvalue weighted by Crippen LogP contribution is -2.27. The summed E-state index contributed by atoms with van der Waals surface area (Å²) < 4.78 is 0. The smallest absolute Gasteiger partial charge is 0.220 e. The molecule has 2 nitrogen and oxygen atoms in total. The molecule has 3 atom stereocenters. The summed E-state index contributed by atoms with van der Waals surface area (Å²) in [5.74, 6) is 2.53. The number of rotatable bonds is 4. The largest absolute Gasteiger partial charge is 0.352 e. The molecule has 0 heterocycles. The first-order valence-electron chi connectivity index (χ1n) is 7.22. The van der Waals surface area contributed by atoms with E-state index in [2.05, 4.69) is 5.32 Å². The zero-order valence-corrected chi connectivity index (χ0v) is 11.8. The van der Waals surface area contributed by atoms with Crippen LogP contribution in [0.3, 0.4) is 0 Å². The van der Waals surface area contributed by atoms with Gasteiger partial charge in [0.15, 0.2) is 0 Å². The molecule has 2 bridgehead atoms. The van der Waals surface area contributed by atoms with Gasteiger partial charge in [0.25, 0.3) is 0 Å². The number of benzene rings is 1. The summed E-state index contributed by atoms with van der Waals surface area (Å²) in [6, 6.07) is 7.67. The second kappa shape index (κ2) is 5.54. The van der Waals surface area contributed by atoms with E-state index in [1.165, 1.54) is 25.7 Å². The minimum absolute atomic E-state index is 0.178. The second-order valence-corrected chi connectivity index (χ2v) is 6.41. The van der Waals surface area contributed by atoms with Gasteiger partial charge in [-0.05, 0) is 48.6 Å². The van der Waals surface area contributed by atoms with Gasteiger partial charge in [-0.25, -0.2) is 0 Å². The Morgan fingerprint density at radius 1 is 1.26 bits per heavy atom. The SMILES string of the molecule is O=C(C[C@H]1C[C@H]2CC[C@H]1C2)NCc1ccccc1Cl. The number of nitrogens with one attached hydrogen (secondary N) is 1. The lowest BCUT2D eigenvalue weighted by Gasteiger charge is -2.20. The van der Waals surface area contributed by atoms with E-state index in [1.807, 2.05) is 24.3 Å². The van der Waals surface area contributed by atoms with E-state index < -0.39 is 0 Å². The van der Waals surface area contributed by atoms with E-state index in [0.29, 0.717) is 18.9 Å². The minimum Gasteiger partial charge on any atom is -0.352 e. The molecule has 3 rings (SSSR count). The number of amides is 1. The average Bonchev–Trinajstić information content (AvgIpc) is 3.00. The van der Waals surface area contributed by atoms with Gasteiger partial charge in [0.1, 0.15) is 0 Å². The van der Waals surface area contributed by atoms with Gasteiger partial charge < -0.3 is 5.32 Å². The predicted octanol–water partition coefficient (Wildman–Crippen LogP) is 3.78. The van der Waals surface area contributed by atoms with Crippen LogP contribution in [-0.4, -0.2) is 5.91 Å². The molecule has 0 unspecified atom stereocenters. The van der Waals surface area contributed by atoms with Crippen LogP contribution < -0.4 is 5.32 Å². The van der Waals surface area contributed by atoms with Crippen LogP contribution >= 0.6 is 11.6 Å². The molecule has 0 saturated heterocycles. The first-order valence-corrected chi connectivity index (χ1v) is 7.60. The highest BCUT2D eigenvalue weighted by atomic mass is 35.5. The van der Waals surface area contributed by atoms with Crippen LogP contribution in [0.2, 0.25) is 5.02 Å². The highest BCUT2D eigenvalue weighted by molar-refractivity contribution is 6.31. The van der Waals surface area contributed by atoms with Crippen LogP contribution in [0.5, 0.6) is 0 Å². The Bertz CT molecular complexity index is 474. The third-order valence-electron chi connectivity index (χ3n) is 4.77. The van der Waals surface area contributed by atoms with Crippen molar-refractivity contribution in [2.75, 3.05) is 0 Å². The maximum atomic E-state index is 12.0. The summed E-state index contributed by atoms with van der Waals surface area (Å²) in [7, 11) is 0. The molecule has 3 heteroatoms. The van der Waals surface area contributed by atoms with Gasteiger partial charge in [-0.1, -0.05) is 36.2 Å².